The summed E-state index contributed by atoms with van der Waals surface area (Å²) in [5.41, 5.74) is 2.24. The summed E-state index contributed by atoms with van der Waals surface area (Å²) in [5, 5.41) is 0. The number of rotatable bonds is 3. The van der Waals surface area contributed by atoms with E-state index in [1.165, 1.54) is 36.8 Å². The summed E-state index contributed by atoms with van der Waals surface area (Å²) in [7, 11) is 1.74. The Morgan fingerprint density at radius 2 is 1.76 bits per heavy atom. The van der Waals surface area contributed by atoms with Crippen molar-refractivity contribution in [1.82, 2.24) is 0 Å². The number of halogens is 1. The molecule has 4 saturated carbocycles. The third-order valence-electron chi connectivity index (χ3n) is 6.25. The van der Waals surface area contributed by atoms with E-state index in [0.29, 0.717) is 5.92 Å². The molecule has 0 saturated heterocycles. The minimum Gasteiger partial charge on any atom is -0.497 e. The molecule has 0 atom stereocenters. The molecular weight excluding hydrogens is 263 g/mol. The smallest absolute Gasteiger partial charge is 0.119 e. The van der Waals surface area contributed by atoms with Gasteiger partial charge >= 0.3 is 0 Å². The first-order chi connectivity index (χ1) is 10.0. The van der Waals surface area contributed by atoms with Gasteiger partial charge in [-0.2, -0.15) is 0 Å². The van der Waals surface area contributed by atoms with Crippen molar-refractivity contribution in [3.8, 4) is 5.75 Å². The highest BCUT2D eigenvalue weighted by molar-refractivity contribution is 5.49. The number of methoxy groups -OCH3 is 1. The lowest BCUT2D eigenvalue weighted by Gasteiger charge is -2.66. The van der Waals surface area contributed by atoms with Gasteiger partial charge in [-0.3, -0.25) is 0 Å². The molecular formula is C19H25FO. The summed E-state index contributed by atoms with van der Waals surface area (Å²) in [4.78, 5) is 0. The van der Waals surface area contributed by atoms with Crippen LogP contribution in [-0.2, 0) is 5.41 Å². The lowest BCUT2D eigenvalue weighted by Crippen LogP contribution is -2.67. The molecule has 21 heavy (non-hydrogen) atoms. The molecule has 2 heteroatoms. The van der Waals surface area contributed by atoms with Crippen LogP contribution in [0.4, 0.5) is 4.39 Å². The fraction of sp³-hybridized carbons (Fsp3) is 0.684. The normalized spacial score (nSPS) is 41.1. The highest BCUT2D eigenvalue weighted by Crippen LogP contribution is 2.70. The van der Waals surface area contributed by atoms with Crippen LogP contribution in [0.25, 0.3) is 0 Å². The van der Waals surface area contributed by atoms with Gasteiger partial charge in [0.15, 0.2) is 0 Å². The monoisotopic (exact) mass is 288 g/mol. The molecule has 4 aliphatic rings. The molecule has 0 heterocycles. The van der Waals surface area contributed by atoms with Gasteiger partial charge in [0.25, 0.3) is 0 Å². The van der Waals surface area contributed by atoms with Crippen molar-refractivity contribution in [3.05, 3.63) is 29.3 Å². The molecule has 4 fully saturated rings. The molecule has 0 N–H and O–H groups in total. The molecule has 1 nitrogen and oxygen atoms in total. The molecule has 2 bridgehead atoms. The van der Waals surface area contributed by atoms with Crippen LogP contribution in [0.15, 0.2) is 18.2 Å². The topological polar surface area (TPSA) is 9.23 Å². The van der Waals surface area contributed by atoms with Crippen LogP contribution in [0.3, 0.4) is 0 Å². The molecule has 0 aliphatic heterocycles. The van der Waals surface area contributed by atoms with E-state index >= 15 is 0 Å². The standard InChI is InChI=1S/C19H25FO/c1-13-3-5-14(6-4-13)16-9-15(21-2)7-8-17(16)18-10-19(20,11-18)12-18/h7-9,13-14H,3-6,10-12H2,1-2H3. The molecule has 5 rings (SSSR count). The minimum atomic E-state index is -0.821. The van der Waals surface area contributed by atoms with E-state index in [1.54, 1.807) is 7.11 Å². The highest BCUT2D eigenvalue weighted by Gasteiger charge is 2.70. The molecule has 0 spiro atoms. The zero-order chi connectivity index (χ0) is 14.7. The molecule has 0 unspecified atom stereocenters. The third-order valence-corrected chi connectivity index (χ3v) is 6.25. The SMILES string of the molecule is COc1ccc(C23CC(F)(C2)C3)c(C2CCC(C)CC2)c1. The summed E-state index contributed by atoms with van der Waals surface area (Å²) in [5.74, 6) is 2.46. The number of ether oxygens (including phenoxy) is 1. The molecule has 1 aromatic rings. The fourth-order valence-corrected chi connectivity index (χ4v) is 5.01. The summed E-state index contributed by atoms with van der Waals surface area (Å²) < 4.78 is 19.4. The van der Waals surface area contributed by atoms with E-state index in [9.17, 15) is 4.39 Å². The van der Waals surface area contributed by atoms with E-state index in [1.807, 2.05) is 0 Å². The third kappa shape index (κ3) is 2.02. The lowest BCUT2D eigenvalue weighted by atomic mass is 9.39. The van der Waals surface area contributed by atoms with Crippen LogP contribution < -0.4 is 4.74 Å². The van der Waals surface area contributed by atoms with Crippen molar-refractivity contribution in [2.24, 2.45) is 5.92 Å². The van der Waals surface area contributed by atoms with Gasteiger partial charge in [0.1, 0.15) is 11.4 Å². The maximum absolute atomic E-state index is 13.9. The Labute approximate surface area is 126 Å². The van der Waals surface area contributed by atoms with Gasteiger partial charge in [0.2, 0.25) is 0 Å². The van der Waals surface area contributed by atoms with E-state index < -0.39 is 5.67 Å². The fourth-order valence-electron chi connectivity index (χ4n) is 5.01. The number of benzene rings is 1. The van der Waals surface area contributed by atoms with Gasteiger partial charge in [-0.05, 0) is 67.2 Å². The molecule has 114 valence electrons. The van der Waals surface area contributed by atoms with Crippen molar-refractivity contribution in [2.45, 2.75) is 68.9 Å². The molecule has 0 radical (unpaired) electrons. The Bertz CT molecular complexity index is 537. The number of hydrogen-bond donors (Lipinski definition) is 0. The van der Waals surface area contributed by atoms with Crippen molar-refractivity contribution >= 4 is 0 Å². The second-order valence-electron chi connectivity index (χ2n) is 7.87. The van der Waals surface area contributed by atoms with Crippen molar-refractivity contribution in [1.29, 1.82) is 0 Å². The summed E-state index contributed by atoms with van der Waals surface area (Å²) >= 11 is 0. The predicted octanol–water partition coefficient (Wildman–Crippen LogP) is 5.13. The lowest BCUT2D eigenvalue weighted by molar-refractivity contribution is -0.158. The average Bonchev–Trinajstić information content (AvgIpc) is 2.43. The maximum atomic E-state index is 13.9. The molecule has 1 aromatic carbocycles. The minimum absolute atomic E-state index is 0.166. The van der Waals surface area contributed by atoms with Gasteiger partial charge in [0.05, 0.1) is 7.11 Å². The Kier molecular flexibility index (Phi) is 2.90. The van der Waals surface area contributed by atoms with E-state index in [4.69, 9.17) is 4.74 Å². The van der Waals surface area contributed by atoms with Crippen molar-refractivity contribution < 1.29 is 9.13 Å². The van der Waals surface area contributed by atoms with Crippen LogP contribution in [0.5, 0.6) is 5.75 Å². The number of alkyl halides is 1. The van der Waals surface area contributed by atoms with Gasteiger partial charge < -0.3 is 4.74 Å². The largest absolute Gasteiger partial charge is 0.497 e. The first kappa shape index (κ1) is 13.6. The van der Waals surface area contributed by atoms with Crippen LogP contribution in [0, 0.1) is 5.92 Å². The second kappa shape index (κ2) is 4.47. The van der Waals surface area contributed by atoms with E-state index in [0.717, 1.165) is 30.9 Å². The Morgan fingerprint density at radius 1 is 1.10 bits per heavy atom. The van der Waals surface area contributed by atoms with E-state index in [-0.39, 0.29) is 5.41 Å². The Hall–Kier alpha value is -1.05. The summed E-state index contributed by atoms with van der Waals surface area (Å²) in [6.45, 7) is 2.36. The Morgan fingerprint density at radius 3 is 2.33 bits per heavy atom. The molecule has 4 aliphatic carbocycles. The van der Waals surface area contributed by atoms with Crippen LogP contribution in [-0.4, -0.2) is 12.8 Å². The zero-order valence-corrected chi connectivity index (χ0v) is 13.1. The quantitative estimate of drug-likeness (QED) is 0.749. The average molecular weight is 288 g/mol. The summed E-state index contributed by atoms with van der Waals surface area (Å²) in [6.07, 6.45) is 7.45. The van der Waals surface area contributed by atoms with Gasteiger partial charge in [-0.15, -0.1) is 0 Å². The van der Waals surface area contributed by atoms with Crippen molar-refractivity contribution in [2.75, 3.05) is 7.11 Å². The van der Waals surface area contributed by atoms with E-state index in [2.05, 4.69) is 25.1 Å². The van der Waals surface area contributed by atoms with Crippen LogP contribution in [0.1, 0.15) is 68.9 Å². The number of hydrogen-bond acceptors (Lipinski definition) is 1. The first-order valence-electron chi connectivity index (χ1n) is 8.41. The Balaban J connectivity index is 1.67. The first-order valence-corrected chi connectivity index (χ1v) is 8.41. The zero-order valence-electron chi connectivity index (χ0n) is 13.1. The van der Waals surface area contributed by atoms with Crippen molar-refractivity contribution in [3.63, 3.8) is 0 Å². The highest BCUT2D eigenvalue weighted by atomic mass is 19.1. The van der Waals surface area contributed by atoms with Gasteiger partial charge in [-0.1, -0.05) is 25.8 Å². The molecule has 0 aromatic heterocycles. The molecule has 0 amide bonds. The maximum Gasteiger partial charge on any atom is 0.119 e. The second-order valence-corrected chi connectivity index (χ2v) is 7.87. The van der Waals surface area contributed by atoms with Gasteiger partial charge in [0, 0.05) is 5.41 Å². The van der Waals surface area contributed by atoms with Gasteiger partial charge in [-0.25, -0.2) is 4.39 Å². The van der Waals surface area contributed by atoms with Crippen LogP contribution >= 0.6 is 0 Å². The van der Waals surface area contributed by atoms with Crippen LogP contribution in [0.2, 0.25) is 0 Å². The predicted molar refractivity (Wildman–Crippen MR) is 82.7 cm³/mol. The summed E-state index contributed by atoms with van der Waals surface area (Å²) in [6, 6.07) is 6.53.